The Morgan fingerprint density at radius 1 is 1.44 bits per heavy atom. The number of aliphatic imine (C=N–C) groups is 1. The molecule has 0 aromatic rings. The number of rotatable bonds is 4. The average molecular weight is 240 g/mol. The molecule has 1 N–H and O–H groups in total. The Morgan fingerprint density at radius 2 is 2.19 bits per heavy atom. The van der Waals surface area contributed by atoms with Crippen molar-refractivity contribution in [3.63, 3.8) is 0 Å². The summed E-state index contributed by atoms with van der Waals surface area (Å²) in [5.74, 6) is 0.883. The van der Waals surface area contributed by atoms with Crippen LogP contribution < -0.4 is 5.32 Å². The van der Waals surface area contributed by atoms with Crippen LogP contribution in [0.25, 0.3) is 0 Å². The van der Waals surface area contributed by atoms with E-state index in [1.54, 1.807) is 0 Å². The van der Waals surface area contributed by atoms with E-state index in [2.05, 4.69) is 24.2 Å². The summed E-state index contributed by atoms with van der Waals surface area (Å²) in [5, 5.41) is 5.57. The van der Waals surface area contributed by atoms with E-state index in [9.17, 15) is 0 Å². The molecule has 1 heterocycles. The molecule has 2 nitrogen and oxygen atoms in total. The molecule has 2 atom stereocenters. The highest BCUT2D eigenvalue weighted by molar-refractivity contribution is 8.14. The first kappa shape index (κ1) is 12.3. The van der Waals surface area contributed by atoms with E-state index in [1.165, 1.54) is 43.7 Å². The molecule has 1 aliphatic carbocycles. The normalized spacial score (nSPS) is 28.1. The first-order valence-corrected chi connectivity index (χ1v) is 7.65. The molecule has 2 unspecified atom stereocenters. The first-order valence-electron chi connectivity index (χ1n) is 6.77. The fourth-order valence-corrected chi connectivity index (χ4v) is 3.96. The Labute approximate surface area is 104 Å². The minimum absolute atomic E-state index is 0.620. The summed E-state index contributed by atoms with van der Waals surface area (Å²) in [6, 6.07) is 0.620. The minimum Gasteiger partial charge on any atom is -0.362 e. The molecule has 1 fully saturated rings. The summed E-state index contributed by atoms with van der Waals surface area (Å²) >= 11 is 1.96. The van der Waals surface area contributed by atoms with Crippen molar-refractivity contribution < 1.29 is 0 Å². The predicted molar refractivity (Wildman–Crippen MR) is 73.1 cm³/mol. The largest absolute Gasteiger partial charge is 0.362 e. The Kier molecular flexibility index (Phi) is 4.56. The third-order valence-electron chi connectivity index (χ3n) is 3.79. The van der Waals surface area contributed by atoms with Crippen molar-refractivity contribution in [3.05, 3.63) is 0 Å². The molecule has 1 aliphatic heterocycles. The molecule has 0 aromatic heterocycles. The molecule has 16 heavy (non-hydrogen) atoms. The second-order valence-corrected chi connectivity index (χ2v) is 6.44. The van der Waals surface area contributed by atoms with Crippen LogP contribution >= 0.6 is 11.8 Å². The average Bonchev–Trinajstić information content (AvgIpc) is 2.89. The SMILES string of the molecule is CCCC1CN=C(NC(C)C2CCCC2)S1. The van der Waals surface area contributed by atoms with E-state index >= 15 is 0 Å². The minimum atomic E-state index is 0.620. The molecule has 1 saturated carbocycles. The van der Waals surface area contributed by atoms with Crippen molar-refractivity contribution in [2.45, 2.75) is 63.7 Å². The van der Waals surface area contributed by atoms with E-state index in [-0.39, 0.29) is 0 Å². The van der Waals surface area contributed by atoms with Gasteiger partial charge in [0.15, 0.2) is 5.17 Å². The topological polar surface area (TPSA) is 24.4 Å². The molecule has 2 rings (SSSR count). The van der Waals surface area contributed by atoms with Crippen LogP contribution in [0, 0.1) is 5.92 Å². The summed E-state index contributed by atoms with van der Waals surface area (Å²) in [6.07, 6.45) is 8.24. The van der Waals surface area contributed by atoms with E-state index in [0.717, 1.165) is 17.7 Å². The molecular weight excluding hydrogens is 216 g/mol. The summed E-state index contributed by atoms with van der Waals surface area (Å²) < 4.78 is 0. The summed E-state index contributed by atoms with van der Waals surface area (Å²) in [7, 11) is 0. The van der Waals surface area contributed by atoms with Crippen molar-refractivity contribution >= 4 is 16.9 Å². The second-order valence-electron chi connectivity index (χ2n) is 5.15. The standard InChI is InChI=1S/C13H24N2S/c1-3-6-12-9-14-13(16-12)15-10(2)11-7-4-5-8-11/h10-12H,3-9H2,1-2H3,(H,14,15). The van der Waals surface area contributed by atoms with E-state index in [1.807, 2.05) is 11.8 Å². The predicted octanol–water partition coefficient (Wildman–Crippen LogP) is 3.43. The highest BCUT2D eigenvalue weighted by atomic mass is 32.2. The first-order chi connectivity index (χ1) is 7.79. The van der Waals surface area contributed by atoms with Gasteiger partial charge in [0.05, 0.1) is 6.54 Å². The molecule has 0 spiro atoms. The fourth-order valence-electron chi connectivity index (χ4n) is 2.74. The van der Waals surface area contributed by atoms with Crippen LogP contribution in [0.3, 0.4) is 0 Å². The van der Waals surface area contributed by atoms with Gasteiger partial charge in [-0.2, -0.15) is 0 Å². The van der Waals surface area contributed by atoms with Gasteiger partial charge in [0.1, 0.15) is 0 Å². The van der Waals surface area contributed by atoms with Crippen molar-refractivity contribution in [3.8, 4) is 0 Å². The third kappa shape index (κ3) is 3.16. The molecule has 0 aromatic carbocycles. The van der Waals surface area contributed by atoms with Gasteiger partial charge in [0, 0.05) is 11.3 Å². The second kappa shape index (κ2) is 5.95. The highest BCUT2D eigenvalue weighted by Crippen LogP contribution is 2.29. The Balaban J connectivity index is 1.73. The molecular formula is C13H24N2S. The zero-order valence-corrected chi connectivity index (χ0v) is 11.4. The highest BCUT2D eigenvalue weighted by Gasteiger charge is 2.25. The van der Waals surface area contributed by atoms with Crippen LogP contribution in [0.15, 0.2) is 4.99 Å². The van der Waals surface area contributed by atoms with Crippen LogP contribution in [0.2, 0.25) is 0 Å². The van der Waals surface area contributed by atoms with E-state index < -0.39 is 0 Å². The van der Waals surface area contributed by atoms with Gasteiger partial charge in [-0.1, -0.05) is 37.9 Å². The van der Waals surface area contributed by atoms with Gasteiger partial charge in [-0.15, -0.1) is 0 Å². The number of hydrogen-bond acceptors (Lipinski definition) is 3. The zero-order chi connectivity index (χ0) is 11.4. The monoisotopic (exact) mass is 240 g/mol. The number of nitrogens with zero attached hydrogens (tertiary/aromatic N) is 1. The molecule has 0 bridgehead atoms. The van der Waals surface area contributed by atoms with Gasteiger partial charge in [-0.05, 0) is 32.1 Å². The van der Waals surface area contributed by atoms with Gasteiger partial charge in [0.2, 0.25) is 0 Å². The quantitative estimate of drug-likeness (QED) is 0.814. The van der Waals surface area contributed by atoms with Crippen LogP contribution in [0.1, 0.15) is 52.4 Å². The lowest BCUT2D eigenvalue weighted by molar-refractivity contribution is 0.428. The maximum Gasteiger partial charge on any atom is 0.157 e. The van der Waals surface area contributed by atoms with Crippen molar-refractivity contribution in [1.82, 2.24) is 5.32 Å². The summed E-state index contributed by atoms with van der Waals surface area (Å²) in [4.78, 5) is 4.62. The summed E-state index contributed by atoms with van der Waals surface area (Å²) in [5.41, 5.74) is 0. The van der Waals surface area contributed by atoms with Crippen molar-refractivity contribution in [2.75, 3.05) is 6.54 Å². The third-order valence-corrected chi connectivity index (χ3v) is 4.97. The maximum absolute atomic E-state index is 4.62. The molecule has 3 heteroatoms. The van der Waals surface area contributed by atoms with Crippen molar-refractivity contribution in [1.29, 1.82) is 0 Å². The van der Waals surface area contributed by atoms with E-state index in [4.69, 9.17) is 0 Å². The maximum atomic E-state index is 4.62. The Bertz CT molecular complexity index is 246. The Hall–Kier alpha value is -0.180. The molecule has 2 aliphatic rings. The fraction of sp³-hybridized carbons (Fsp3) is 0.923. The number of hydrogen-bond donors (Lipinski definition) is 1. The Morgan fingerprint density at radius 3 is 2.88 bits per heavy atom. The van der Waals surface area contributed by atoms with Gasteiger partial charge in [-0.3, -0.25) is 4.99 Å². The lowest BCUT2D eigenvalue weighted by Gasteiger charge is -2.21. The zero-order valence-electron chi connectivity index (χ0n) is 10.5. The number of thioether (sulfide) groups is 1. The number of nitrogens with one attached hydrogen (secondary N) is 1. The van der Waals surface area contributed by atoms with Gasteiger partial charge >= 0.3 is 0 Å². The lowest BCUT2D eigenvalue weighted by atomic mass is 10.0. The molecule has 0 saturated heterocycles. The lowest BCUT2D eigenvalue weighted by Crippen LogP contribution is -2.35. The molecule has 0 radical (unpaired) electrons. The van der Waals surface area contributed by atoms with Crippen LogP contribution in [-0.4, -0.2) is 23.0 Å². The number of amidine groups is 1. The smallest absolute Gasteiger partial charge is 0.157 e. The van der Waals surface area contributed by atoms with Crippen molar-refractivity contribution in [2.24, 2.45) is 10.9 Å². The molecule has 92 valence electrons. The van der Waals surface area contributed by atoms with Gasteiger partial charge < -0.3 is 5.32 Å². The van der Waals surface area contributed by atoms with Crippen LogP contribution in [0.4, 0.5) is 0 Å². The summed E-state index contributed by atoms with van der Waals surface area (Å²) in [6.45, 7) is 5.61. The van der Waals surface area contributed by atoms with Crippen LogP contribution in [-0.2, 0) is 0 Å². The van der Waals surface area contributed by atoms with Gasteiger partial charge in [0.25, 0.3) is 0 Å². The van der Waals surface area contributed by atoms with Gasteiger partial charge in [-0.25, -0.2) is 0 Å². The van der Waals surface area contributed by atoms with Crippen LogP contribution in [0.5, 0.6) is 0 Å². The van der Waals surface area contributed by atoms with E-state index in [0.29, 0.717) is 6.04 Å². The molecule has 0 amide bonds.